The number of hydrogen-bond donors (Lipinski definition) is 2. The molecule has 0 radical (unpaired) electrons. The minimum Gasteiger partial charge on any atom is -0.457 e. The van der Waals surface area contributed by atoms with E-state index in [1.54, 1.807) is 0 Å². The van der Waals surface area contributed by atoms with Gasteiger partial charge < -0.3 is 14.9 Å². The molecule has 174 valence electrons. The number of benzene rings is 5. The van der Waals surface area contributed by atoms with Crippen molar-refractivity contribution in [3.8, 4) is 11.5 Å². The Morgan fingerprint density at radius 3 is 1.38 bits per heavy atom. The molecule has 1 aliphatic rings. The summed E-state index contributed by atoms with van der Waals surface area (Å²) in [6.45, 7) is 4.00. The molecular formula is C31H32O3. The van der Waals surface area contributed by atoms with E-state index in [9.17, 15) is 0 Å². The predicted molar refractivity (Wildman–Crippen MR) is 143 cm³/mol. The average molecular weight is 453 g/mol. The number of ether oxygens (including phenoxy) is 1. The second kappa shape index (κ2) is 12.0. The Morgan fingerprint density at radius 2 is 0.912 bits per heavy atom. The fraction of sp³-hybridized carbons (Fsp3) is 0.161. The number of rotatable bonds is 1. The van der Waals surface area contributed by atoms with Crippen molar-refractivity contribution in [2.45, 2.75) is 19.8 Å². The molecule has 34 heavy (non-hydrogen) atoms. The SMILES string of the molecule is CC.CO.CO.c1ccc(C2c3c(ccc4ccccc34)Oc3ccc4ccccc4c32)cc1. The lowest BCUT2D eigenvalue weighted by molar-refractivity contribution is 0.399. The normalized spacial score (nSPS) is 11.4. The van der Waals surface area contributed by atoms with E-state index in [-0.39, 0.29) is 5.92 Å². The van der Waals surface area contributed by atoms with Crippen molar-refractivity contribution < 1.29 is 14.9 Å². The van der Waals surface area contributed by atoms with Gasteiger partial charge in [0.15, 0.2) is 0 Å². The van der Waals surface area contributed by atoms with Crippen molar-refractivity contribution >= 4 is 21.5 Å². The van der Waals surface area contributed by atoms with Crippen LogP contribution in [-0.4, -0.2) is 24.4 Å². The zero-order chi connectivity index (χ0) is 24.5. The van der Waals surface area contributed by atoms with Crippen LogP contribution in [0.1, 0.15) is 36.5 Å². The lowest BCUT2D eigenvalue weighted by Gasteiger charge is -2.31. The summed E-state index contributed by atoms with van der Waals surface area (Å²) in [5.74, 6) is 2.04. The number of aliphatic hydroxyl groups excluding tert-OH is 2. The Morgan fingerprint density at radius 1 is 0.500 bits per heavy atom. The van der Waals surface area contributed by atoms with E-state index in [2.05, 4.69) is 103 Å². The average Bonchev–Trinajstić information content (AvgIpc) is 2.95. The minimum absolute atomic E-state index is 0.136. The highest BCUT2D eigenvalue weighted by Crippen LogP contribution is 2.51. The fourth-order valence-electron chi connectivity index (χ4n) is 4.57. The molecule has 5 aromatic rings. The molecule has 0 fully saturated rings. The van der Waals surface area contributed by atoms with Gasteiger partial charge in [-0.05, 0) is 39.2 Å². The third-order valence-electron chi connectivity index (χ3n) is 5.79. The molecule has 0 spiro atoms. The van der Waals surface area contributed by atoms with Crippen molar-refractivity contribution in [3.63, 3.8) is 0 Å². The van der Waals surface area contributed by atoms with Crippen LogP contribution in [0.4, 0.5) is 0 Å². The second-order valence-corrected chi connectivity index (χ2v) is 7.34. The Hall–Kier alpha value is -3.66. The zero-order valence-corrected chi connectivity index (χ0v) is 20.2. The summed E-state index contributed by atoms with van der Waals surface area (Å²) in [5.41, 5.74) is 3.81. The largest absolute Gasteiger partial charge is 0.457 e. The highest BCUT2D eigenvalue weighted by atomic mass is 16.5. The molecule has 0 bridgehead atoms. The fourth-order valence-corrected chi connectivity index (χ4v) is 4.57. The van der Waals surface area contributed by atoms with Crippen molar-refractivity contribution in [2.75, 3.05) is 14.2 Å². The zero-order valence-electron chi connectivity index (χ0n) is 20.2. The van der Waals surface area contributed by atoms with E-state index in [1.807, 2.05) is 13.8 Å². The monoisotopic (exact) mass is 452 g/mol. The first-order valence-corrected chi connectivity index (χ1v) is 11.6. The van der Waals surface area contributed by atoms with Crippen LogP contribution in [0.25, 0.3) is 21.5 Å². The van der Waals surface area contributed by atoms with Gasteiger partial charge in [0.25, 0.3) is 0 Å². The maximum atomic E-state index is 7.00. The standard InChI is InChI=1S/C27H18O.C2H6.2CH4O/c1-2-10-20(11-3-1)25-26-21-12-6-4-8-18(21)14-16-23(26)28-24-17-15-19-9-5-7-13-22(19)27(24)25;3*1-2/h1-17,25H;1-2H3;2*2H,1H3. The molecule has 0 aliphatic carbocycles. The van der Waals surface area contributed by atoms with Crippen LogP contribution in [0, 0.1) is 0 Å². The Kier molecular flexibility index (Phi) is 8.80. The molecule has 1 aliphatic heterocycles. The van der Waals surface area contributed by atoms with Gasteiger partial charge >= 0.3 is 0 Å². The van der Waals surface area contributed by atoms with E-state index < -0.39 is 0 Å². The van der Waals surface area contributed by atoms with Gasteiger partial charge in [0.05, 0.1) is 0 Å². The van der Waals surface area contributed by atoms with Gasteiger partial charge in [0.1, 0.15) is 11.5 Å². The summed E-state index contributed by atoms with van der Waals surface area (Å²) in [6.07, 6.45) is 0. The molecular weight excluding hydrogens is 420 g/mol. The highest BCUT2D eigenvalue weighted by molar-refractivity contribution is 5.95. The van der Waals surface area contributed by atoms with E-state index in [4.69, 9.17) is 14.9 Å². The lowest BCUT2D eigenvalue weighted by Crippen LogP contribution is -2.12. The maximum Gasteiger partial charge on any atom is 0.132 e. The van der Waals surface area contributed by atoms with Crippen LogP contribution in [0.5, 0.6) is 11.5 Å². The van der Waals surface area contributed by atoms with E-state index in [0.717, 1.165) is 25.7 Å². The van der Waals surface area contributed by atoms with Crippen LogP contribution in [0.15, 0.2) is 103 Å². The molecule has 0 unspecified atom stereocenters. The number of aliphatic hydroxyl groups is 2. The second-order valence-electron chi connectivity index (χ2n) is 7.34. The molecule has 0 amide bonds. The first kappa shape index (κ1) is 25.0. The summed E-state index contributed by atoms with van der Waals surface area (Å²) in [5, 5.41) is 19.0. The van der Waals surface area contributed by atoms with Crippen LogP contribution in [0.2, 0.25) is 0 Å². The van der Waals surface area contributed by atoms with Crippen molar-refractivity contribution in [1.82, 2.24) is 0 Å². The first-order valence-electron chi connectivity index (χ1n) is 11.6. The third-order valence-corrected chi connectivity index (χ3v) is 5.79. The smallest absolute Gasteiger partial charge is 0.132 e. The number of hydrogen-bond acceptors (Lipinski definition) is 3. The van der Waals surface area contributed by atoms with Crippen molar-refractivity contribution in [3.05, 3.63) is 120 Å². The van der Waals surface area contributed by atoms with Gasteiger partial charge in [-0.3, -0.25) is 0 Å². The maximum absolute atomic E-state index is 7.00. The Balaban J connectivity index is 0.000000503. The molecule has 1 heterocycles. The molecule has 0 aromatic heterocycles. The minimum atomic E-state index is 0.136. The van der Waals surface area contributed by atoms with Crippen LogP contribution in [-0.2, 0) is 0 Å². The predicted octanol–water partition coefficient (Wildman–Crippen LogP) is 7.52. The molecule has 0 saturated carbocycles. The van der Waals surface area contributed by atoms with Crippen molar-refractivity contribution in [1.29, 1.82) is 0 Å². The molecule has 3 nitrogen and oxygen atoms in total. The van der Waals surface area contributed by atoms with Gasteiger partial charge in [-0.1, -0.05) is 105 Å². The van der Waals surface area contributed by atoms with E-state index in [0.29, 0.717) is 0 Å². The molecule has 2 N–H and O–H groups in total. The Bertz CT molecular complexity index is 1260. The molecule has 6 rings (SSSR count). The summed E-state index contributed by atoms with van der Waals surface area (Å²) in [4.78, 5) is 0. The quantitative estimate of drug-likeness (QED) is 0.271. The summed E-state index contributed by atoms with van der Waals surface area (Å²) in [6, 6.07) is 36.5. The van der Waals surface area contributed by atoms with Crippen LogP contribution in [0.3, 0.4) is 0 Å². The van der Waals surface area contributed by atoms with Gasteiger partial charge in [-0.15, -0.1) is 0 Å². The van der Waals surface area contributed by atoms with Gasteiger partial charge in [0, 0.05) is 31.3 Å². The summed E-state index contributed by atoms with van der Waals surface area (Å²) in [7, 11) is 2.00. The number of fused-ring (bicyclic) bond motifs is 6. The van der Waals surface area contributed by atoms with Crippen molar-refractivity contribution in [2.24, 2.45) is 0 Å². The molecule has 0 atom stereocenters. The van der Waals surface area contributed by atoms with Gasteiger partial charge in [-0.2, -0.15) is 0 Å². The van der Waals surface area contributed by atoms with Gasteiger partial charge in [-0.25, -0.2) is 0 Å². The van der Waals surface area contributed by atoms with Gasteiger partial charge in [0.2, 0.25) is 0 Å². The topological polar surface area (TPSA) is 49.7 Å². The summed E-state index contributed by atoms with van der Waals surface area (Å²) < 4.78 is 6.45. The first-order chi connectivity index (χ1) is 16.9. The molecule has 3 heteroatoms. The van der Waals surface area contributed by atoms with E-state index in [1.165, 1.54) is 38.2 Å². The highest BCUT2D eigenvalue weighted by Gasteiger charge is 2.31. The Labute approximate surface area is 201 Å². The van der Waals surface area contributed by atoms with Crippen LogP contribution >= 0.6 is 0 Å². The third kappa shape index (κ3) is 4.54. The summed E-state index contributed by atoms with van der Waals surface area (Å²) >= 11 is 0. The lowest BCUT2D eigenvalue weighted by atomic mass is 9.78. The van der Waals surface area contributed by atoms with Crippen LogP contribution < -0.4 is 4.74 Å². The molecule has 5 aromatic carbocycles. The molecule has 0 saturated heterocycles. The van der Waals surface area contributed by atoms with E-state index >= 15 is 0 Å².